The molecule has 0 spiro atoms. The zero-order valence-electron chi connectivity index (χ0n) is 9.68. The molecule has 1 unspecified atom stereocenters. The van der Waals surface area contributed by atoms with E-state index in [9.17, 15) is 0 Å². The Morgan fingerprint density at radius 1 is 0.895 bits per heavy atom. The molecule has 1 aliphatic heterocycles. The Balaban J connectivity index is 0.000000256. The molecule has 0 N–H and O–H groups in total. The van der Waals surface area contributed by atoms with Gasteiger partial charge in [-0.3, -0.25) is 0 Å². The van der Waals surface area contributed by atoms with E-state index in [1.165, 1.54) is 5.30 Å². The van der Waals surface area contributed by atoms with Crippen LogP contribution in [0.3, 0.4) is 0 Å². The van der Waals surface area contributed by atoms with Crippen LogP contribution in [0.15, 0.2) is 72.7 Å². The number of nitrogens with zero attached hydrogens (tertiary/aromatic N) is 4. The Morgan fingerprint density at radius 2 is 1.58 bits per heavy atom. The first-order valence-electron chi connectivity index (χ1n) is 5.14. The molecule has 1 heterocycles. The smallest absolute Gasteiger partial charge is 0.215 e. The second-order valence-electron chi connectivity index (χ2n) is 3.11. The maximum absolute atomic E-state index is 4.39. The number of hydrogen-bond donors (Lipinski definition) is 0. The minimum Gasteiger partial charge on any atom is -0.215 e. The van der Waals surface area contributed by atoms with Crippen LogP contribution in [0.1, 0.15) is 0 Å². The van der Waals surface area contributed by atoms with Gasteiger partial charge in [-0.2, -0.15) is 39.4 Å². The molecule has 9 heteroatoms. The van der Waals surface area contributed by atoms with Crippen molar-refractivity contribution in [1.82, 2.24) is 0 Å². The predicted molar refractivity (Wildman–Crippen MR) is 82.5 cm³/mol. The van der Waals surface area contributed by atoms with Crippen LogP contribution in [0, 0.1) is 0 Å². The molecule has 98 valence electrons. The van der Waals surface area contributed by atoms with Gasteiger partial charge in [-0.05, 0) is 0 Å². The van der Waals surface area contributed by atoms with Gasteiger partial charge >= 0.3 is 17.1 Å². The van der Waals surface area contributed by atoms with Gasteiger partial charge in [-0.25, -0.2) is 33.3 Å². The second-order valence-corrected chi connectivity index (χ2v) is 7.90. The van der Waals surface area contributed by atoms with E-state index in [1.54, 1.807) is 0 Å². The summed E-state index contributed by atoms with van der Waals surface area (Å²) in [6, 6.07) is 18.1. The maximum Gasteiger partial charge on any atom is 2.00 e. The van der Waals surface area contributed by atoms with E-state index in [-0.39, 0.29) is 17.1 Å². The van der Waals surface area contributed by atoms with E-state index in [0.717, 1.165) is 25.6 Å². The third-order valence-electron chi connectivity index (χ3n) is 1.92. The van der Waals surface area contributed by atoms with Crippen molar-refractivity contribution in [2.24, 2.45) is 18.1 Å². The van der Waals surface area contributed by atoms with Crippen molar-refractivity contribution in [3.8, 4) is 0 Å². The molecule has 0 saturated heterocycles. The Morgan fingerprint density at radius 3 is 2.21 bits per heavy atom. The number of hydrogen-bond acceptors (Lipinski definition) is 4. The molecular formula is C10H10FeN4P4. The van der Waals surface area contributed by atoms with Crippen LogP contribution in [-0.4, -0.2) is 0 Å². The standard InChI is InChI=1S/C5H5N4P4.C5H5.Fe/c1-2-4-5(3-1)13-8-11-6-10-7-12-9-13;1-2-4-5-3-1;/h1-4,13H;1-5H;/q2*-1;+2. The zero-order valence-corrected chi connectivity index (χ0v) is 14.5. The average molecular weight is 366 g/mol. The van der Waals surface area contributed by atoms with E-state index in [2.05, 4.69) is 30.2 Å². The van der Waals surface area contributed by atoms with Crippen molar-refractivity contribution >= 4 is 38.7 Å². The summed E-state index contributed by atoms with van der Waals surface area (Å²) in [7, 11) is 1.16. The van der Waals surface area contributed by atoms with Gasteiger partial charge in [0.05, 0.1) is 7.86 Å². The Hall–Kier alpha value is -0.251. The van der Waals surface area contributed by atoms with Crippen LogP contribution in [0.2, 0.25) is 0 Å². The molecule has 0 saturated carbocycles. The van der Waals surface area contributed by atoms with Crippen molar-refractivity contribution in [2.45, 2.75) is 0 Å². The first-order chi connectivity index (χ1) is 8.97. The van der Waals surface area contributed by atoms with E-state index < -0.39 is 7.86 Å². The SMILES string of the molecule is [Fe+2].c1cc[c-](/[PH]2=N/P=NP=NP=N2)c1.c1cc[cH-]c1. The molecule has 0 amide bonds. The maximum atomic E-state index is 4.39. The van der Waals surface area contributed by atoms with Crippen LogP contribution < -0.4 is 5.30 Å². The predicted octanol–water partition coefficient (Wildman–Crippen LogP) is 5.89. The normalized spacial score (nSPS) is 19.7. The summed E-state index contributed by atoms with van der Waals surface area (Å²) < 4.78 is 16.9. The van der Waals surface area contributed by atoms with E-state index in [0.29, 0.717) is 0 Å². The van der Waals surface area contributed by atoms with Crippen molar-refractivity contribution in [3.05, 3.63) is 54.6 Å². The molecule has 0 aromatic heterocycles. The quantitative estimate of drug-likeness (QED) is 0.343. The Bertz CT molecular complexity index is 543. The van der Waals surface area contributed by atoms with Crippen molar-refractivity contribution in [1.29, 1.82) is 0 Å². The summed E-state index contributed by atoms with van der Waals surface area (Å²) in [6.45, 7) is 0. The molecule has 0 fully saturated rings. The average Bonchev–Trinajstić information content (AvgIpc) is 3.05. The van der Waals surface area contributed by atoms with Gasteiger partial charge in [0.1, 0.15) is 0 Å². The summed E-state index contributed by atoms with van der Waals surface area (Å²) >= 11 is 0. The van der Waals surface area contributed by atoms with Crippen molar-refractivity contribution in [2.75, 3.05) is 0 Å². The largest absolute Gasteiger partial charge is 2.00 e. The van der Waals surface area contributed by atoms with Gasteiger partial charge in [0.25, 0.3) is 0 Å². The van der Waals surface area contributed by atoms with Gasteiger partial charge in [0.15, 0.2) is 25.6 Å². The molecule has 0 bridgehead atoms. The fraction of sp³-hybridized carbons (Fsp3) is 0. The summed E-state index contributed by atoms with van der Waals surface area (Å²) in [5, 5.41) is 1.22. The van der Waals surface area contributed by atoms with E-state index in [1.807, 2.05) is 42.5 Å². The Labute approximate surface area is 128 Å². The minimum atomic E-state index is -1.11. The molecule has 2 aromatic carbocycles. The first-order valence-corrected chi connectivity index (χ1v) is 8.94. The van der Waals surface area contributed by atoms with Crippen LogP contribution in [0.4, 0.5) is 0 Å². The molecule has 3 rings (SSSR count). The third kappa shape index (κ3) is 6.64. The summed E-state index contributed by atoms with van der Waals surface area (Å²) in [5.41, 5.74) is 0. The van der Waals surface area contributed by atoms with Crippen LogP contribution in [0.25, 0.3) is 0 Å². The molecule has 0 radical (unpaired) electrons. The van der Waals surface area contributed by atoms with Gasteiger partial charge in [0.2, 0.25) is 0 Å². The van der Waals surface area contributed by atoms with E-state index >= 15 is 0 Å². The van der Waals surface area contributed by atoms with Crippen LogP contribution in [0.5, 0.6) is 0 Å². The van der Waals surface area contributed by atoms with Crippen molar-refractivity contribution < 1.29 is 17.1 Å². The molecular weight excluding hydrogens is 356 g/mol. The molecule has 1 atom stereocenters. The molecule has 19 heavy (non-hydrogen) atoms. The molecule has 2 aromatic rings. The van der Waals surface area contributed by atoms with E-state index in [4.69, 9.17) is 0 Å². The van der Waals surface area contributed by atoms with Gasteiger partial charge in [-0.1, -0.05) is 5.30 Å². The second kappa shape index (κ2) is 10.5. The summed E-state index contributed by atoms with van der Waals surface area (Å²) in [6.07, 6.45) is 0. The first kappa shape index (κ1) is 16.8. The topological polar surface area (TPSA) is 49.4 Å². The van der Waals surface area contributed by atoms with Gasteiger partial charge in [-0.15, -0.1) is 0 Å². The Kier molecular flexibility index (Phi) is 9.31. The third-order valence-corrected chi connectivity index (χ3v) is 6.28. The molecule has 1 aliphatic rings. The van der Waals surface area contributed by atoms with Crippen LogP contribution in [-0.2, 0) is 17.1 Å². The molecule has 4 nitrogen and oxygen atoms in total. The summed E-state index contributed by atoms with van der Waals surface area (Å²) in [4.78, 5) is 0. The monoisotopic (exact) mass is 366 g/mol. The molecule has 0 aliphatic carbocycles. The zero-order chi connectivity index (χ0) is 12.5. The minimum absolute atomic E-state index is 0. The fourth-order valence-corrected chi connectivity index (χ4v) is 5.56. The van der Waals surface area contributed by atoms with Crippen LogP contribution >= 0.6 is 33.4 Å². The van der Waals surface area contributed by atoms with Gasteiger partial charge in [0, 0.05) is 0 Å². The number of rotatable bonds is 1. The fourth-order valence-electron chi connectivity index (χ4n) is 1.16. The van der Waals surface area contributed by atoms with Gasteiger partial charge < -0.3 is 0 Å². The van der Waals surface area contributed by atoms with Crippen molar-refractivity contribution in [3.63, 3.8) is 0 Å². The summed E-state index contributed by atoms with van der Waals surface area (Å²) in [5.74, 6) is 0.